The molecular formula is C29H26Br2O2. The molecule has 2 saturated heterocycles. The van der Waals surface area contributed by atoms with E-state index in [-0.39, 0.29) is 16.6 Å². The van der Waals surface area contributed by atoms with Crippen molar-refractivity contribution in [2.24, 2.45) is 5.41 Å². The first kappa shape index (κ1) is 21.8. The Hall–Kier alpha value is -1.72. The van der Waals surface area contributed by atoms with Gasteiger partial charge >= 0.3 is 0 Å². The number of benzene rings is 4. The van der Waals surface area contributed by atoms with E-state index in [4.69, 9.17) is 9.47 Å². The van der Waals surface area contributed by atoms with Crippen molar-refractivity contribution in [2.75, 3.05) is 23.9 Å². The third kappa shape index (κ3) is 3.41. The zero-order chi connectivity index (χ0) is 22.5. The largest absolute Gasteiger partial charge is 0.369 e. The number of halogens is 2. The summed E-state index contributed by atoms with van der Waals surface area (Å²) in [6.45, 7) is 1.42. The monoisotopic (exact) mass is 564 g/mol. The van der Waals surface area contributed by atoms with Crippen LogP contribution in [0.3, 0.4) is 0 Å². The molecular weight excluding hydrogens is 540 g/mol. The van der Waals surface area contributed by atoms with E-state index in [2.05, 4.69) is 117 Å². The highest BCUT2D eigenvalue weighted by Gasteiger charge is 2.58. The third-order valence-electron chi connectivity index (χ3n) is 7.62. The molecule has 0 amide bonds. The maximum absolute atomic E-state index is 6.74. The highest BCUT2D eigenvalue weighted by atomic mass is 79.9. The average Bonchev–Trinajstić information content (AvgIpc) is 3.45. The molecule has 6 rings (SSSR count). The molecule has 1 spiro atoms. The summed E-state index contributed by atoms with van der Waals surface area (Å²) in [6.07, 6.45) is 1.89. The molecule has 4 aromatic carbocycles. The van der Waals surface area contributed by atoms with Gasteiger partial charge in [-0.05, 0) is 45.5 Å². The molecule has 2 aliphatic rings. The van der Waals surface area contributed by atoms with Gasteiger partial charge in [0.2, 0.25) is 0 Å². The van der Waals surface area contributed by atoms with Crippen LogP contribution in [0.1, 0.15) is 24.0 Å². The average molecular weight is 566 g/mol. The van der Waals surface area contributed by atoms with Crippen LogP contribution in [-0.2, 0) is 20.7 Å². The zero-order valence-corrected chi connectivity index (χ0v) is 21.6. The van der Waals surface area contributed by atoms with Crippen molar-refractivity contribution in [1.29, 1.82) is 0 Å². The summed E-state index contributed by atoms with van der Waals surface area (Å²) in [5.41, 5.74) is 1.82. The van der Waals surface area contributed by atoms with Gasteiger partial charge < -0.3 is 9.47 Å². The molecule has 2 atom stereocenters. The van der Waals surface area contributed by atoms with Crippen LogP contribution >= 0.6 is 31.9 Å². The number of ether oxygens (including phenoxy) is 2. The minimum absolute atomic E-state index is 0.0184. The molecule has 0 radical (unpaired) electrons. The van der Waals surface area contributed by atoms with Crippen LogP contribution in [0.2, 0.25) is 0 Å². The van der Waals surface area contributed by atoms with Crippen LogP contribution in [0.25, 0.3) is 21.5 Å². The molecule has 2 heterocycles. The predicted molar refractivity (Wildman–Crippen MR) is 142 cm³/mol. The van der Waals surface area contributed by atoms with E-state index in [9.17, 15) is 0 Å². The van der Waals surface area contributed by atoms with Crippen molar-refractivity contribution in [2.45, 2.75) is 24.0 Å². The number of alkyl halides is 2. The van der Waals surface area contributed by atoms with E-state index >= 15 is 0 Å². The first-order valence-electron chi connectivity index (χ1n) is 11.5. The van der Waals surface area contributed by atoms with E-state index in [0.717, 1.165) is 23.5 Å². The van der Waals surface area contributed by atoms with E-state index in [1.165, 1.54) is 32.7 Å². The molecule has 0 aliphatic carbocycles. The van der Waals surface area contributed by atoms with Crippen molar-refractivity contribution in [1.82, 2.24) is 0 Å². The van der Waals surface area contributed by atoms with Gasteiger partial charge in [0.25, 0.3) is 0 Å². The highest BCUT2D eigenvalue weighted by molar-refractivity contribution is 9.09. The molecule has 2 aliphatic heterocycles. The van der Waals surface area contributed by atoms with Crippen LogP contribution < -0.4 is 0 Å². The van der Waals surface area contributed by atoms with Crippen molar-refractivity contribution < 1.29 is 9.47 Å². The van der Waals surface area contributed by atoms with Gasteiger partial charge in [-0.25, -0.2) is 0 Å². The minimum Gasteiger partial charge on any atom is -0.369 e. The Kier molecular flexibility index (Phi) is 5.41. The van der Waals surface area contributed by atoms with Crippen molar-refractivity contribution in [3.8, 4) is 0 Å². The summed E-state index contributed by atoms with van der Waals surface area (Å²) < 4.78 is 13.5. The Morgan fingerprint density at radius 3 is 1.45 bits per heavy atom. The number of hydrogen-bond acceptors (Lipinski definition) is 2. The van der Waals surface area contributed by atoms with Gasteiger partial charge in [-0.1, -0.05) is 117 Å². The molecule has 33 heavy (non-hydrogen) atoms. The molecule has 0 N–H and O–H groups in total. The summed E-state index contributed by atoms with van der Waals surface area (Å²) in [6, 6.07) is 30.4. The van der Waals surface area contributed by atoms with E-state index in [1.807, 2.05) is 0 Å². The zero-order valence-electron chi connectivity index (χ0n) is 18.4. The van der Waals surface area contributed by atoms with Crippen molar-refractivity contribution in [3.05, 3.63) is 96.1 Å². The fourth-order valence-electron chi connectivity index (χ4n) is 6.11. The van der Waals surface area contributed by atoms with E-state index in [0.29, 0.717) is 13.2 Å². The maximum Gasteiger partial charge on any atom is 0.104 e. The molecule has 4 aromatic rings. The van der Waals surface area contributed by atoms with Crippen LogP contribution in [0.5, 0.6) is 0 Å². The van der Waals surface area contributed by atoms with Gasteiger partial charge in [0.1, 0.15) is 11.2 Å². The van der Waals surface area contributed by atoms with Crippen LogP contribution in [-0.4, -0.2) is 23.9 Å². The van der Waals surface area contributed by atoms with Crippen molar-refractivity contribution in [3.63, 3.8) is 0 Å². The minimum atomic E-state index is -0.356. The molecule has 0 saturated carbocycles. The first-order chi connectivity index (χ1) is 16.1. The smallest absolute Gasteiger partial charge is 0.104 e. The van der Waals surface area contributed by atoms with Gasteiger partial charge in [-0.2, -0.15) is 0 Å². The van der Waals surface area contributed by atoms with Crippen LogP contribution in [0, 0.1) is 5.41 Å². The Morgan fingerprint density at radius 2 is 1.00 bits per heavy atom. The normalized spacial score (nSPS) is 26.5. The SMILES string of the molecule is BrC[C@@]1(c2cccc3ccccc23)CC2(CO1)CO[C@](CBr)(c1cccc3ccccc13)C2. The Balaban J connectivity index is 1.39. The number of fused-ring (bicyclic) bond motifs is 2. The van der Waals surface area contributed by atoms with Crippen LogP contribution in [0.4, 0.5) is 0 Å². The molecule has 2 fully saturated rings. The fourth-order valence-corrected chi connectivity index (χ4v) is 7.44. The molecule has 0 aromatic heterocycles. The second kappa shape index (κ2) is 8.20. The second-order valence-corrected chi connectivity index (χ2v) is 10.9. The maximum atomic E-state index is 6.74. The van der Waals surface area contributed by atoms with Gasteiger partial charge in [0, 0.05) is 16.1 Å². The molecule has 4 heteroatoms. The lowest BCUT2D eigenvalue weighted by atomic mass is 9.73. The lowest BCUT2D eigenvalue weighted by Crippen LogP contribution is -2.31. The summed E-state index contributed by atoms with van der Waals surface area (Å²) in [5, 5.41) is 6.60. The number of rotatable bonds is 4. The van der Waals surface area contributed by atoms with Gasteiger partial charge in [0.15, 0.2) is 0 Å². The van der Waals surface area contributed by atoms with Crippen molar-refractivity contribution >= 4 is 53.4 Å². The lowest BCUT2D eigenvalue weighted by molar-refractivity contribution is 0.0127. The third-order valence-corrected chi connectivity index (χ3v) is 9.43. The standard InChI is InChI=1S/C29H26Br2O2/c30-17-28(25-13-5-9-21-7-1-3-11-23(21)25)15-27(19-32-28)16-29(18-31,33-20-27)26-14-6-10-22-8-2-4-12-24(22)26/h1-14H,15-20H2/t27?,28-,29-/m1/s1. The highest BCUT2D eigenvalue weighted by Crippen LogP contribution is 2.58. The summed E-state index contributed by atoms with van der Waals surface area (Å²) in [7, 11) is 0. The molecule has 168 valence electrons. The number of hydrogen-bond donors (Lipinski definition) is 0. The molecule has 2 nitrogen and oxygen atoms in total. The predicted octanol–water partition coefficient (Wildman–Crippen LogP) is 7.70. The lowest BCUT2D eigenvalue weighted by Gasteiger charge is -2.31. The van der Waals surface area contributed by atoms with Gasteiger partial charge in [-0.15, -0.1) is 0 Å². The Morgan fingerprint density at radius 1 is 0.576 bits per heavy atom. The summed E-state index contributed by atoms with van der Waals surface area (Å²) in [4.78, 5) is 0. The second-order valence-electron chi connectivity index (χ2n) is 9.74. The Bertz CT molecular complexity index is 1220. The van der Waals surface area contributed by atoms with Gasteiger partial charge in [-0.3, -0.25) is 0 Å². The topological polar surface area (TPSA) is 18.5 Å². The van der Waals surface area contributed by atoms with E-state index in [1.54, 1.807) is 0 Å². The first-order valence-corrected chi connectivity index (χ1v) is 13.7. The molecule has 0 unspecified atom stereocenters. The summed E-state index contributed by atoms with van der Waals surface area (Å²) in [5.74, 6) is 0. The summed E-state index contributed by atoms with van der Waals surface area (Å²) >= 11 is 7.67. The quantitative estimate of drug-likeness (QED) is 0.236. The van der Waals surface area contributed by atoms with Gasteiger partial charge in [0.05, 0.1) is 13.2 Å². The fraction of sp³-hybridized carbons (Fsp3) is 0.310. The molecule has 0 bridgehead atoms. The van der Waals surface area contributed by atoms with E-state index < -0.39 is 0 Å². The van der Waals surface area contributed by atoms with Crippen LogP contribution in [0.15, 0.2) is 84.9 Å². The Labute approximate surface area is 211 Å².